The van der Waals surface area contributed by atoms with Crippen molar-refractivity contribution >= 4 is 34.8 Å². The van der Waals surface area contributed by atoms with Gasteiger partial charge in [-0.3, -0.25) is 24.1 Å². The molecular weight excluding hydrogens is 344 g/mol. The van der Waals surface area contributed by atoms with Gasteiger partial charge < -0.3 is 10.0 Å². The molecule has 3 rings (SSSR count). The second-order valence-electron chi connectivity index (χ2n) is 6.58. The van der Waals surface area contributed by atoms with Crippen molar-refractivity contribution in [2.24, 2.45) is 5.41 Å². The number of carboxylic acid groups (broad SMARTS) is 1. The van der Waals surface area contributed by atoms with Crippen LogP contribution >= 0.6 is 11.8 Å². The number of imide groups is 1. The number of hydrogen-bond acceptors (Lipinski definition) is 5. The number of benzene rings is 1. The van der Waals surface area contributed by atoms with Crippen molar-refractivity contribution in [3.05, 3.63) is 35.4 Å². The highest BCUT2D eigenvalue weighted by Gasteiger charge is 2.42. The van der Waals surface area contributed by atoms with E-state index < -0.39 is 11.4 Å². The van der Waals surface area contributed by atoms with Crippen molar-refractivity contribution < 1.29 is 24.3 Å². The Balaban J connectivity index is 1.73. The zero-order valence-corrected chi connectivity index (χ0v) is 14.5. The highest BCUT2D eigenvalue weighted by molar-refractivity contribution is 8.14. The van der Waals surface area contributed by atoms with Gasteiger partial charge in [0.2, 0.25) is 5.91 Å². The van der Waals surface area contributed by atoms with Gasteiger partial charge in [-0.05, 0) is 31.0 Å². The van der Waals surface area contributed by atoms with E-state index in [-0.39, 0.29) is 35.9 Å². The minimum atomic E-state index is -0.918. The van der Waals surface area contributed by atoms with Gasteiger partial charge in [0.05, 0.1) is 17.7 Å². The molecule has 2 aliphatic rings. The van der Waals surface area contributed by atoms with Crippen LogP contribution in [-0.4, -0.2) is 56.8 Å². The second kappa shape index (κ2) is 6.51. The topological polar surface area (TPSA) is 95.0 Å². The molecule has 3 amide bonds. The van der Waals surface area contributed by atoms with Gasteiger partial charge >= 0.3 is 5.97 Å². The third-order valence-electron chi connectivity index (χ3n) is 4.63. The van der Waals surface area contributed by atoms with Crippen LogP contribution in [-0.2, 0) is 16.1 Å². The van der Waals surface area contributed by atoms with Crippen LogP contribution < -0.4 is 0 Å². The zero-order valence-electron chi connectivity index (χ0n) is 13.7. The lowest BCUT2D eigenvalue weighted by molar-refractivity contribution is -0.147. The minimum Gasteiger partial charge on any atom is -0.481 e. The fraction of sp³-hybridized carbons (Fsp3) is 0.412. The first kappa shape index (κ1) is 17.5. The Hall–Kier alpha value is -2.35. The molecule has 0 aromatic heterocycles. The number of rotatable bonds is 4. The molecule has 1 aromatic carbocycles. The summed E-state index contributed by atoms with van der Waals surface area (Å²) in [5.41, 5.74) is 0.202. The Labute approximate surface area is 149 Å². The number of aliphatic carboxylic acids is 1. The van der Waals surface area contributed by atoms with Crippen LogP contribution in [0.2, 0.25) is 0 Å². The van der Waals surface area contributed by atoms with Gasteiger partial charge in [0, 0.05) is 18.7 Å². The van der Waals surface area contributed by atoms with Crippen LogP contribution in [0.3, 0.4) is 0 Å². The molecule has 1 unspecified atom stereocenters. The molecule has 0 bridgehead atoms. The van der Waals surface area contributed by atoms with Gasteiger partial charge in [0.1, 0.15) is 0 Å². The lowest BCUT2D eigenvalue weighted by Crippen LogP contribution is -2.35. The maximum atomic E-state index is 12.7. The molecular formula is C17H18N2O5S. The van der Waals surface area contributed by atoms with Crippen molar-refractivity contribution in [3.8, 4) is 0 Å². The third kappa shape index (κ3) is 3.39. The van der Waals surface area contributed by atoms with Gasteiger partial charge in [0.15, 0.2) is 0 Å². The van der Waals surface area contributed by atoms with Gasteiger partial charge in [0.25, 0.3) is 11.1 Å². The van der Waals surface area contributed by atoms with Gasteiger partial charge in [-0.1, -0.05) is 23.9 Å². The van der Waals surface area contributed by atoms with Crippen molar-refractivity contribution in [1.82, 2.24) is 9.80 Å². The van der Waals surface area contributed by atoms with Crippen LogP contribution in [0.4, 0.5) is 4.79 Å². The third-order valence-corrected chi connectivity index (χ3v) is 5.49. The average molecular weight is 362 g/mol. The molecule has 132 valence electrons. The SMILES string of the molecule is CC1(C(=O)O)CCN(C(=O)c2cccc(CN3C(=O)CSC3=O)c2)C1. The van der Waals surface area contributed by atoms with Gasteiger partial charge in [-0.25, -0.2) is 0 Å². The summed E-state index contributed by atoms with van der Waals surface area (Å²) in [5, 5.41) is 9.01. The number of thioether (sulfide) groups is 1. The van der Waals surface area contributed by atoms with E-state index in [1.54, 1.807) is 31.2 Å². The number of carbonyl (C=O) groups excluding carboxylic acids is 3. The quantitative estimate of drug-likeness (QED) is 0.878. The van der Waals surface area contributed by atoms with E-state index >= 15 is 0 Å². The summed E-state index contributed by atoms with van der Waals surface area (Å²) in [6.45, 7) is 2.34. The summed E-state index contributed by atoms with van der Waals surface area (Å²) in [7, 11) is 0. The maximum absolute atomic E-state index is 12.7. The molecule has 7 nitrogen and oxygen atoms in total. The Kier molecular flexibility index (Phi) is 4.55. The monoisotopic (exact) mass is 362 g/mol. The Morgan fingerprint density at radius 3 is 2.68 bits per heavy atom. The molecule has 1 aromatic rings. The molecule has 2 saturated heterocycles. The van der Waals surface area contributed by atoms with Crippen molar-refractivity contribution in [2.75, 3.05) is 18.8 Å². The highest BCUT2D eigenvalue weighted by atomic mass is 32.2. The predicted octanol–water partition coefficient (Wildman–Crippen LogP) is 1.82. The summed E-state index contributed by atoms with van der Waals surface area (Å²) >= 11 is 0.973. The average Bonchev–Trinajstić information content (AvgIpc) is 3.13. The van der Waals surface area contributed by atoms with E-state index in [1.165, 1.54) is 9.80 Å². The number of hydrogen-bond donors (Lipinski definition) is 1. The van der Waals surface area contributed by atoms with E-state index in [2.05, 4.69) is 0 Å². The number of nitrogens with zero attached hydrogens (tertiary/aromatic N) is 2. The Bertz CT molecular complexity index is 749. The smallest absolute Gasteiger partial charge is 0.311 e. The molecule has 25 heavy (non-hydrogen) atoms. The van der Waals surface area contributed by atoms with Crippen LogP contribution in [0, 0.1) is 5.41 Å². The summed E-state index contributed by atoms with van der Waals surface area (Å²) < 4.78 is 0. The second-order valence-corrected chi connectivity index (χ2v) is 7.50. The van der Waals surface area contributed by atoms with Gasteiger partial charge in [-0.15, -0.1) is 0 Å². The van der Waals surface area contributed by atoms with E-state index in [1.807, 2.05) is 0 Å². The number of amides is 3. The first-order chi connectivity index (χ1) is 11.8. The molecule has 8 heteroatoms. The van der Waals surface area contributed by atoms with Crippen molar-refractivity contribution in [1.29, 1.82) is 0 Å². The lowest BCUT2D eigenvalue weighted by Gasteiger charge is -2.20. The standard InChI is InChI=1S/C17H18N2O5S/c1-17(15(22)23)5-6-18(10-17)14(21)12-4-2-3-11(7-12)8-19-13(20)9-25-16(19)24/h2-4,7H,5-6,8-10H2,1H3,(H,22,23). The fourth-order valence-electron chi connectivity index (χ4n) is 3.01. The van der Waals surface area contributed by atoms with E-state index in [4.69, 9.17) is 0 Å². The zero-order chi connectivity index (χ0) is 18.2. The molecule has 0 radical (unpaired) electrons. The maximum Gasteiger partial charge on any atom is 0.311 e. The lowest BCUT2D eigenvalue weighted by atomic mass is 9.90. The van der Waals surface area contributed by atoms with Crippen LogP contribution in [0.15, 0.2) is 24.3 Å². The summed E-state index contributed by atoms with van der Waals surface area (Å²) in [5.74, 6) is -1.22. The molecule has 0 spiro atoms. The van der Waals surface area contributed by atoms with Crippen LogP contribution in [0.1, 0.15) is 29.3 Å². The molecule has 0 saturated carbocycles. The molecule has 2 heterocycles. The molecule has 2 fully saturated rings. The summed E-state index contributed by atoms with van der Waals surface area (Å²) in [6.07, 6.45) is 0.418. The van der Waals surface area contributed by atoms with E-state index in [0.717, 1.165) is 11.8 Å². The first-order valence-electron chi connectivity index (χ1n) is 7.89. The normalized spacial score (nSPS) is 23.4. The van der Waals surface area contributed by atoms with Crippen LogP contribution in [0.5, 0.6) is 0 Å². The summed E-state index contributed by atoms with van der Waals surface area (Å²) in [4.78, 5) is 50.1. The van der Waals surface area contributed by atoms with E-state index in [9.17, 15) is 24.3 Å². The molecule has 2 aliphatic heterocycles. The van der Waals surface area contributed by atoms with Crippen molar-refractivity contribution in [2.45, 2.75) is 19.9 Å². The minimum absolute atomic E-state index is 0.138. The first-order valence-corrected chi connectivity index (χ1v) is 8.87. The van der Waals surface area contributed by atoms with Crippen LogP contribution in [0.25, 0.3) is 0 Å². The Morgan fingerprint density at radius 2 is 2.08 bits per heavy atom. The highest BCUT2D eigenvalue weighted by Crippen LogP contribution is 2.31. The molecule has 1 atom stereocenters. The Morgan fingerprint density at radius 1 is 1.32 bits per heavy atom. The van der Waals surface area contributed by atoms with Gasteiger partial charge in [-0.2, -0.15) is 0 Å². The number of carboxylic acids is 1. The fourth-order valence-corrected chi connectivity index (χ4v) is 3.74. The molecule has 0 aliphatic carbocycles. The number of likely N-dealkylation sites (tertiary alicyclic amines) is 1. The largest absolute Gasteiger partial charge is 0.481 e. The predicted molar refractivity (Wildman–Crippen MR) is 91.1 cm³/mol. The summed E-state index contributed by atoms with van der Waals surface area (Å²) in [6, 6.07) is 6.77. The molecule has 1 N–H and O–H groups in total. The van der Waals surface area contributed by atoms with Crippen molar-refractivity contribution in [3.63, 3.8) is 0 Å². The number of carbonyl (C=O) groups is 4. The van der Waals surface area contributed by atoms with E-state index in [0.29, 0.717) is 24.1 Å².